The minimum absolute atomic E-state index is 0.0647. The fourth-order valence-electron chi connectivity index (χ4n) is 4.54. The molecular formula is C28H21Cl2N3O5. The minimum Gasteiger partial charge on any atom is -0.493 e. The molecule has 2 unspecified atom stereocenters. The van der Waals surface area contributed by atoms with E-state index in [4.69, 9.17) is 42.6 Å². The third-order valence-electron chi connectivity index (χ3n) is 6.61. The van der Waals surface area contributed by atoms with Crippen LogP contribution in [0.5, 0.6) is 17.4 Å². The van der Waals surface area contributed by atoms with Gasteiger partial charge in [0.1, 0.15) is 29.9 Å². The first-order valence-electron chi connectivity index (χ1n) is 12.0. The van der Waals surface area contributed by atoms with Gasteiger partial charge in [-0.2, -0.15) is 0 Å². The second-order valence-corrected chi connectivity index (χ2v) is 10.0. The lowest BCUT2D eigenvalue weighted by molar-refractivity contribution is 0.0340. The molecule has 2 aliphatic rings. The molecule has 1 aliphatic heterocycles. The SMILES string of the molecule is O=C(O)c1cnc(Oc2ccc3cc(OCC4C(c5c(Cl)cccc5Cl)=NOC4C4CC4)ccc3c2)cn1. The Morgan fingerprint density at radius 3 is 2.34 bits per heavy atom. The summed E-state index contributed by atoms with van der Waals surface area (Å²) in [6.45, 7) is 0.374. The van der Waals surface area contributed by atoms with Crippen LogP contribution in [0.3, 0.4) is 0 Å². The number of ether oxygens (including phenoxy) is 2. The Morgan fingerprint density at radius 2 is 1.68 bits per heavy atom. The summed E-state index contributed by atoms with van der Waals surface area (Å²) < 4.78 is 12.0. The van der Waals surface area contributed by atoms with Crippen molar-refractivity contribution in [2.45, 2.75) is 18.9 Å². The lowest BCUT2D eigenvalue weighted by Crippen LogP contribution is -2.31. The Kier molecular flexibility index (Phi) is 6.51. The van der Waals surface area contributed by atoms with Crippen molar-refractivity contribution >= 4 is 45.7 Å². The van der Waals surface area contributed by atoms with Crippen LogP contribution in [0.25, 0.3) is 10.8 Å². The van der Waals surface area contributed by atoms with E-state index in [1.165, 1.54) is 6.20 Å². The van der Waals surface area contributed by atoms with Crippen LogP contribution in [0.15, 0.2) is 72.1 Å². The molecule has 0 radical (unpaired) electrons. The quantitative estimate of drug-likeness (QED) is 0.263. The highest BCUT2D eigenvalue weighted by atomic mass is 35.5. The molecule has 0 bridgehead atoms. The number of benzene rings is 3. The van der Waals surface area contributed by atoms with Crippen molar-refractivity contribution in [1.29, 1.82) is 0 Å². The van der Waals surface area contributed by atoms with Crippen LogP contribution >= 0.6 is 23.2 Å². The van der Waals surface area contributed by atoms with Gasteiger partial charge < -0.3 is 19.4 Å². The van der Waals surface area contributed by atoms with Gasteiger partial charge in [-0.25, -0.2) is 14.8 Å². The van der Waals surface area contributed by atoms with Crippen LogP contribution in [0, 0.1) is 11.8 Å². The second-order valence-electron chi connectivity index (χ2n) is 9.22. The first-order chi connectivity index (χ1) is 18.5. The van der Waals surface area contributed by atoms with Crippen molar-refractivity contribution in [2.24, 2.45) is 17.0 Å². The van der Waals surface area contributed by atoms with Crippen molar-refractivity contribution in [3.05, 3.63) is 88.3 Å². The zero-order chi connectivity index (χ0) is 26.2. The molecule has 1 fully saturated rings. The smallest absolute Gasteiger partial charge is 0.356 e. The van der Waals surface area contributed by atoms with Crippen LogP contribution < -0.4 is 9.47 Å². The number of aromatic nitrogens is 2. The van der Waals surface area contributed by atoms with Gasteiger partial charge in [0.2, 0.25) is 5.88 Å². The molecular weight excluding hydrogens is 529 g/mol. The number of rotatable bonds is 8. The molecule has 1 aliphatic carbocycles. The maximum absolute atomic E-state index is 10.9. The summed E-state index contributed by atoms with van der Waals surface area (Å²) >= 11 is 13.0. The maximum atomic E-state index is 10.9. The van der Waals surface area contributed by atoms with Gasteiger partial charge >= 0.3 is 5.97 Å². The van der Waals surface area contributed by atoms with Gasteiger partial charge in [-0.05, 0) is 65.9 Å². The van der Waals surface area contributed by atoms with E-state index in [-0.39, 0.29) is 23.6 Å². The maximum Gasteiger partial charge on any atom is 0.356 e. The van der Waals surface area contributed by atoms with E-state index in [0.29, 0.717) is 39.6 Å². The Bertz CT molecular complexity index is 1540. The van der Waals surface area contributed by atoms with E-state index in [2.05, 4.69) is 15.1 Å². The van der Waals surface area contributed by atoms with Crippen LogP contribution in [-0.4, -0.2) is 39.5 Å². The fraction of sp³-hybridized carbons (Fsp3) is 0.214. The first-order valence-corrected chi connectivity index (χ1v) is 12.8. The summed E-state index contributed by atoms with van der Waals surface area (Å²) in [5.74, 6) is 0.678. The molecule has 10 heteroatoms. The van der Waals surface area contributed by atoms with Gasteiger partial charge in [-0.15, -0.1) is 0 Å². The number of carbonyl (C=O) groups is 1. The van der Waals surface area contributed by atoms with Crippen molar-refractivity contribution in [2.75, 3.05) is 6.61 Å². The van der Waals surface area contributed by atoms with Gasteiger partial charge in [0.05, 0.1) is 28.4 Å². The molecule has 192 valence electrons. The average Bonchev–Trinajstić information content (AvgIpc) is 3.68. The molecule has 8 nitrogen and oxygen atoms in total. The molecule has 4 aromatic rings. The predicted octanol–water partition coefficient (Wildman–Crippen LogP) is 6.64. The summed E-state index contributed by atoms with van der Waals surface area (Å²) in [7, 11) is 0. The van der Waals surface area contributed by atoms with E-state index in [0.717, 1.165) is 35.5 Å². The number of hydrogen-bond acceptors (Lipinski definition) is 7. The zero-order valence-corrected chi connectivity index (χ0v) is 21.4. The third-order valence-corrected chi connectivity index (χ3v) is 7.24. The number of carboxylic acid groups (broad SMARTS) is 1. The van der Waals surface area contributed by atoms with E-state index >= 15 is 0 Å². The highest BCUT2D eigenvalue weighted by Crippen LogP contribution is 2.43. The molecule has 2 atom stereocenters. The van der Waals surface area contributed by atoms with Crippen molar-refractivity contribution < 1.29 is 24.2 Å². The molecule has 1 N–H and O–H groups in total. The molecule has 0 saturated heterocycles. The lowest BCUT2D eigenvalue weighted by Gasteiger charge is -2.20. The first kappa shape index (κ1) is 24.5. The molecule has 6 rings (SSSR count). The summed E-state index contributed by atoms with van der Waals surface area (Å²) in [5, 5.41) is 16.3. The number of carboxylic acids is 1. The molecule has 0 amide bonds. The topological polar surface area (TPSA) is 103 Å². The normalized spacial score (nSPS) is 18.6. The van der Waals surface area contributed by atoms with Crippen LogP contribution in [-0.2, 0) is 4.84 Å². The average molecular weight is 550 g/mol. The van der Waals surface area contributed by atoms with Gasteiger partial charge in [0.25, 0.3) is 0 Å². The Morgan fingerprint density at radius 1 is 0.974 bits per heavy atom. The van der Waals surface area contributed by atoms with E-state index in [1.54, 1.807) is 18.2 Å². The number of fused-ring (bicyclic) bond motifs is 1. The number of hydrogen-bond donors (Lipinski definition) is 1. The zero-order valence-electron chi connectivity index (χ0n) is 19.9. The fourth-order valence-corrected chi connectivity index (χ4v) is 5.13. The number of nitrogens with zero attached hydrogens (tertiary/aromatic N) is 3. The minimum atomic E-state index is -1.15. The number of oxime groups is 1. The monoisotopic (exact) mass is 549 g/mol. The van der Waals surface area contributed by atoms with Crippen LogP contribution in [0.4, 0.5) is 0 Å². The van der Waals surface area contributed by atoms with E-state index in [1.807, 2.05) is 36.4 Å². The standard InChI is InChI=1S/C28H21Cl2N3O5/c29-21-2-1-3-22(30)25(21)26-20(27(38-33-26)15-4-5-15)14-36-18-8-6-17-11-19(9-7-16(17)10-18)37-24-13-31-23(12-32-24)28(34)35/h1-3,6-13,15,20,27H,4-5,14H2,(H,34,35). The van der Waals surface area contributed by atoms with E-state index in [9.17, 15) is 4.79 Å². The lowest BCUT2D eigenvalue weighted by atomic mass is 9.90. The Labute approximate surface area is 227 Å². The molecule has 3 aromatic carbocycles. The number of aromatic carboxylic acids is 1. The molecule has 0 spiro atoms. The summed E-state index contributed by atoms with van der Waals surface area (Å²) in [6.07, 6.45) is 4.58. The van der Waals surface area contributed by atoms with Crippen LogP contribution in [0.1, 0.15) is 28.9 Å². The Hall–Kier alpha value is -3.88. The van der Waals surface area contributed by atoms with Crippen molar-refractivity contribution in [3.63, 3.8) is 0 Å². The Balaban J connectivity index is 1.18. The van der Waals surface area contributed by atoms with Gasteiger partial charge in [0, 0.05) is 5.56 Å². The third kappa shape index (κ3) is 4.97. The highest BCUT2D eigenvalue weighted by molar-refractivity contribution is 6.40. The highest BCUT2D eigenvalue weighted by Gasteiger charge is 2.46. The molecule has 2 heterocycles. The second kappa shape index (κ2) is 10.1. The predicted molar refractivity (Wildman–Crippen MR) is 143 cm³/mol. The van der Waals surface area contributed by atoms with Crippen molar-refractivity contribution in [1.82, 2.24) is 9.97 Å². The summed E-state index contributed by atoms with van der Waals surface area (Å²) in [4.78, 5) is 24.6. The van der Waals surface area contributed by atoms with Crippen LogP contribution in [0.2, 0.25) is 10.0 Å². The van der Waals surface area contributed by atoms with Gasteiger partial charge in [0.15, 0.2) is 5.69 Å². The molecule has 1 saturated carbocycles. The number of halogens is 2. The van der Waals surface area contributed by atoms with Gasteiger partial charge in [-0.3, -0.25) is 0 Å². The summed E-state index contributed by atoms with van der Waals surface area (Å²) in [5.41, 5.74) is 1.27. The molecule has 1 aromatic heterocycles. The van der Waals surface area contributed by atoms with Crippen molar-refractivity contribution in [3.8, 4) is 17.4 Å². The summed E-state index contributed by atoms with van der Waals surface area (Å²) in [6, 6.07) is 16.8. The molecule has 38 heavy (non-hydrogen) atoms. The van der Waals surface area contributed by atoms with E-state index < -0.39 is 5.97 Å². The van der Waals surface area contributed by atoms with Gasteiger partial charge in [-0.1, -0.05) is 46.6 Å². The largest absolute Gasteiger partial charge is 0.493 e.